The van der Waals surface area contributed by atoms with Crippen molar-refractivity contribution in [2.75, 3.05) is 0 Å². The maximum atomic E-state index is 11.5. The topological polar surface area (TPSA) is 124 Å². The van der Waals surface area contributed by atoms with Gasteiger partial charge in [-0.2, -0.15) is 8.42 Å². The lowest BCUT2D eigenvalue weighted by Gasteiger charge is -2.09. The summed E-state index contributed by atoms with van der Waals surface area (Å²) in [5, 5.41) is 22.2. The van der Waals surface area contributed by atoms with E-state index < -0.39 is 15.0 Å². The van der Waals surface area contributed by atoms with Gasteiger partial charge in [0.05, 0.1) is 21.4 Å². The molecule has 1 heterocycles. The highest BCUT2D eigenvalue weighted by Gasteiger charge is 2.19. The quantitative estimate of drug-likeness (QED) is 0.254. The number of phenolic OH excluding ortho intramolecular Hbond substituents is 2. The standard InChI is InChI=1S/C24H18N2O5S.ClH/c1-13-5-7-14(8-6-13)17-3-2-4-18(23(17)28)24-25-19-10-9-15-11-16(32(29,30)31)12-20(27)21(15)22(19)26-24;/h2-12,27-28H,1H3,(H,25,26)(H,29,30,31);1H. The number of H-pyrrole nitrogens is 1. The Morgan fingerprint density at radius 1 is 0.909 bits per heavy atom. The monoisotopic (exact) mass is 482 g/mol. The molecule has 0 amide bonds. The highest BCUT2D eigenvalue weighted by molar-refractivity contribution is 7.85. The highest BCUT2D eigenvalue weighted by atomic mass is 35.5. The second-order valence-electron chi connectivity index (χ2n) is 7.63. The van der Waals surface area contributed by atoms with E-state index in [9.17, 15) is 23.2 Å². The second-order valence-corrected chi connectivity index (χ2v) is 9.05. The van der Waals surface area contributed by atoms with Gasteiger partial charge in [0.25, 0.3) is 10.1 Å². The molecule has 5 aromatic rings. The summed E-state index contributed by atoms with van der Waals surface area (Å²) in [6.07, 6.45) is 0. The fourth-order valence-electron chi connectivity index (χ4n) is 3.86. The predicted octanol–water partition coefficient (Wildman–Crippen LogP) is 5.44. The number of fused-ring (bicyclic) bond motifs is 3. The number of imidazole rings is 1. The molecule has 5 rings (SSSR count). The van der Waals surface area contributed by atoms with Crippen LogP contribution in [0.4, 0.5) is 0 Å². The fraction of sp³-hybridized carbons (Fsp3) is 0.0417. The van der Waals surface area contributed by atoms with Crippen LogP contribution in [-0.4, -0.2) is 33.2 Å². The third-order valence-electron chi connectivity index (χ3n) is 5.47. The Morgan fingerprint density at radius 3 is 2.30 bits per heavy atom. The minimum absolute atomic E-state index is 0. The first kappa shape index (κ1) is 22.6. The Balaban J connectivity index is 0.00000259. The summed E-state index contributed by atoms with van der Waals surface area (Å²) in [6, 6.07) is 18.8. The molecule has 0 aliphatic carbocycles. The molecule has 1 aromatic heterocycles. The van der Waals surface area contributed by atoms with Crippen molar-refractivity contribution in [1.82, 2.24) is 9.97 Å². The van der Waals surface area contributed by atoms with Crippen LogP contribution in [0.3, 0.4) is 0 Å². The van der Waals surface area contributed by atoms with Gasteiger partial charge in [-0.1, -0.05) is 48.0 Å². The van der Waals surface area contributed by atoms with E-state index in [1.54, 1.807) is 18.2 Å². The van der Waals surface area contributed by atoms with Gasteiger partial charge in [0, 0.05) is 11.6 Å². The molecule has 0 spiro atoms. The lowest BCUT2D eigenvalue weighted by atomic mass is 10.0. The average molecular weight is 483 g/mol. The first-order chi connectivity index (χ1) is 15.2. The third-order valence-corrected chi connectivity index (χ3v) is 6.30. The van der Waals surface area contributed by atoms with Crippen molar-refractivity contribution in [1.29, 1.82) is 0 Å². The van der Waals surface area contributed by atoms with Crippen LogP contribution in [0, 0.1) is 6.92 Å². The largest absolute Gasteiger partial charge is 0.507 e. The maximum absolute atomic E-state index is 11.5. The van der Waals surface area contributed by atoms with Crippen LogP contribution >= 0.6 is 12.4 Å². The van der Waals surface area contributed by atoms with Crippen LogP contribution < -0.4 is 0 Å². The number of nitrogens with zero attached hydrogens (tertiary/aromatic N) is 1. The summed E-state index contributed by atoms with van der Waals surface area (Å²) in [7, 11) is -4.47. The Labute approximate surface area is 195 Å². The van der Waals surface area contributed by atoms with E-state index in [0.717, 1.165) is 17.2 Å². The van der Waals surface area contributed by atoms with Gasteiger partial charge in [-0.25, -0.2) is 4.98 Å². The van der Waals surface area contributed by atoms with E-state index in [0.29, 0.717) is 38.8 Å². The number of para-hydroxylation sites is 1. The van der Waals surface area contributed by atoms with Crippen LogP contribution in [0.25, 0.3) is 44.3 Å². The van der Waals surface area contributed by atoms with Gasteiger partial charge in [0.2, 0.25) is 0 Å². The molecule has 0 atom stereocenters. The number of rotatable bonds is 3. The van der Waals surface area contributed by atoms with Gasteiger partial charge >= 0.3 is 0 Å². The SMILES string of the molecule is Cc1ccc(-c2cccc(-c3nc4c(ccc5cc(S(=O)(=O)O)cc(O)c54)[nH]3)c2O)cc1.Cl. The van der Waals surface area contributed by atoms with Crippen molar-refractivity contribution in [2.45, 2.75) is 11.8 Å². The third kappa shape index (κ3) is 3.89. The molecule has 4 aromatic carbocycles. The van der Waals surface area contributed by atoms with Gasteiger partial charge in [-0.05, 0) is 36.1 Å². The number of hydrogen-bond donors (Lipinski definition) is 4. The van der Waals surface area contributed by atoms with Crippen LogP contribution in [-0.2, 0) is 10.1 Å². The molecule has 0 fully saturated rings. The molecule has 0 bridgehead atoms. The molecule has 4 N–H and O–H groups in total. The zero-order valence-electron chi connectivity index (χ0n) is 17.3. The lowest BCUT2D eigenvalue weighted by Crippen LogP contribution is -1.97. The average Bonchev–Trinajstić information content (AvgIpc) is 3.18. The van der Waals surface area contributed by atoms with Gasteiger partial charge in [-0.15, -0.1) is 12.4 Å². The number of hydrogen-bond acceptors (Lipinski definition) is 5. The summed E-state index contributed by atoms with van der Waals surface area (Å²) in [6.45, 7) is 1.99. The molecule has 0 saturated carbocycles. The Hall–Kier alpha value is -3.59. The van der Waals surface area contributed by atoms with Gasteiger partial charge in [-0.3, -0.25) is 4.55 Å². The minimum Gasteiger partial charge on any atom is -0.507 e. The Bertz CT molecular complexity index is 1630. The van der Waals surface area contributed by atoms with Crippen LogP contribution in [0.2, 0.25) is 0 Å². The van der Waals surface area contributed by atoms with Crippen molar-refractivity contribution < 1.29 is 23.2 Å². The van der Waals surface area contributed by atoms with Crippen LogP contribution in [0.5, 0.6) is 11.5 Å². The molecular formula is C24H19ClN2O5S. The first-order valence-electron chi connectivity index (χ1n) is 9.75. The predicted molar refractivity (Wildman–Crippen MR) is 130 cm³/mol. The molecule has 9 heteroatoms. The summed E-state index contributed by atoms with van der Waals surface area (Å²) in [5.41, 5.74) is 4.15. The number of benzene rings is 4. The van der Waals surface area contributed by atoms with Crippen molar-refractivity contribution in [3.8, 4) is 34.0 Å². The van der Waals surface area contributed by atoms with Crippen molar-refractivity contribution >= 4 is 44.3 Å². The number of phenols is 2. The molecule has 0 radical (unpaired) electrons. The van der Waals surface area contributed by atoms with E-state index >= 15 is 0 Å². The number of aryl methyl sites for hydroxylation is 1. The van der Waals surface area contributed by atoms with Gasteiger partial charge in [0.1, 0.15) is 22.8 Å². The van der Waals surface area contributed by atoms with Crippen molar-refractivity contribution in [3.63, 3.8) is 0 Å². The number of halogens is 1. The molecule has 7 nitrogen and oxygen atoms in total. The summed E-state index contributed by atoms with van der Waals surface area (Å²) < 4.78 is 32.3. The molecular weight excluding hydrogens is 464 g/mol. The molecule has 0 unspecified atom stereocenters. The molecule has 168 valence electrons. The van der Waals surface area contributed by atoms with E-state index in [4.69, 9.17) is 0 Å². The highest BCUT2D eigenvalue weighted by Crippen LogP contribution is 2.39. The number of aromatic amines is 1. The van der Waals surface area contributed by atoms with E-state index in [1.807, 2.05) is 43.3 Å². The Kier molecular flexibility index (Phi) is 5.53. The van der Waals surface area contributed by atoms with Gasteiger partial charge < -0.3 is 15.2 Å². The Morgan fingerprint density at radius 2 is 1.61 bits per heavy atom. The van der Waals surface area contributed by atoms with Crippen LogP contribution in [0.1, 0.15) is 5.56 Å². The smallest absolute Gasteiger partial charge is 0.294 e. The zero-order valence-corrected chi connectivity index (χ0v) is 18.9. The number of aromatic nitrogens is 2. The molecule has 0 aliphatic rings. The van der Waals surface area contributed by atoms with Crippen molar-refractivity contribution in [2.24, 2.45) is 0 Å². The normalized spacial score (nSPS) is 11.6. The lowest BCUT2D eigenvalue weighted by molar-refractivity contribution is 0.471. The number of nitrogens with one attached hydrogen (secondary N) is 1. The summed E-state index contributed by atoms with van der Waals surface area (Å²) in [4.78, 5) is 7.34. The summed E-state index contributed by atoms with van der Waals surface area (Å²) >= 11 is 0. The zero-order chi connectivity index (χ0) is 22.6. The summed E-state index contributed by atoms with van der Waals surface area (Å²) in [5.74, 6) is 0.145. The molecule has 0 aliphatic heterocycles. The van der Waals surface area contributed by atoms with Crippen molar-refractivity contribution in [3.05, 3.63) is 72.3 Å². The first-order valence-corrected chi connectivity index (χ1v) is 11.2. The maximum Gasteiger partial charge on any atom is 0.294 e. The van der Waals surface area contributed by atoms with Gasteiger partial charge in [0.15, 0.2) is 0 Å². The van der Waals surface area contributed by atoms with Crippen LogP contribution in [0.15, 0.2) is 71.6 Å². The van der Waals surface area contributed by atoms with E-state index in [-0.39, 0.29) is 23.9 Å². The van der Waals surface area contributed by atoms with E-state index in [1.165, 1.54) is 6.07 Å². The second kappa shape index (κ2) is 8.08. The molecule has 0 saturated heterocycles. The minimum atomic E-state index is -4.47. The fourth-order valence-corrected chi connectivity index (χ4v) is 4.40. The number of aromatic hydroxyl groups is 2. The molecule has 33 heavy (non-hydrogen) atoms. The van der Waals surface area contributed by atoms with E-state index in [2.05, 4.69) is 9.97 Å².